The van der Waals surface area contributed by atoms with Crippen LogP contribution in [0.15, 0.2) is 18.2 Å². The van der Waals surface area contributed by atoms with Crippen LogP contribution in [0.1, 0.15) is 19.8 Å². The lowest BCUT2D eigenvalue weighted by molar-refractivity contribution is 0.121. The normalized spacial score (nSPS) is 26.7. The van der Waals surface area contributed by atoms with Gasteiger partial charge in [-0.05, 0) is 25.5 Å². The first-order chi connectivity index (χ1) is 8.83. The predicted octanol–water partition coefficient (Wildman–Crippen LogP) is 2.44. The fraction of sp³-hybridized carbons (Fsp3) is 0.571. The van der Waals surface area contributed by atoms with Crippen LogP contribution < -0.4 is 14.8 Å². The van der Waals surface area contributed by atoms with E-state index in [1.165, 1.54) is 0 Å². The van der Waals surface area contributed by atoms with Crippen LogP contribution >= 0.6 is 0 Å². The minimum Gasteiger partial charge on any atom is -0.490 e. The van der Waals surface area contributed by atoms with E-state index in [9.17, 15) is 0 Å². The van der Waals surface area contributed by atoms with Crippen molar-refractivity contribution in [1.29, 1.82) is 0 Å². The van der Waals surface area contributed by atoms with E-state index in [1.807, 2.05) is 18.2 Å². The van der Waals surface area contributed by atoms with Gasteiger partial charge >= 0.3 is 0 Å². The van der Waals surface area contributed by atoms with Gasteiger partial charge in [0, 0.05) is 24.8 Å². The molecule has 1 aromatic carbocycles. The van der Waals surface area contributed by atoms with E-state index < -0.39 is 0 Å². The molecule has 0 saturated carbocycles. The number of benzene rings is 1. The number of nitrogens with one attached hydrogen (secondary N) is 1. The largest absolute Gasteiger partial charge is 0.490 e. The zero-order valence-corrected chi connectivity index (χ0v) is 10.6. The van der Waals surface area contributed by atoms with Crippen molar-refractivity contribution < 1.29 is 14.2 Å². The van der Waals surface area contributed by atoms with Gasteiger partial charge in [-0.1, -0.05) is 0 Å². The highest BCUT2D eigenvalue weighted by Gasteiger charge is 2.24. The molecule has 3 rings (SSSR count). The molecule has 1 saturated heterocycles. The Kier molecular flexibility index (Phi) is 3.28. The van der Waals surface area contributed by atoms with Crippen LogP contribution in [0, 0.1) is 0 Å². The molecule has 1 aromatic rings. The van der Waals surface area contributed by atoms with Gasteiger partial charge in [0.2, 0.25) is 0 Å². The highest BCUT2D eigenvalue weighted by Crippen LogP contribution is 2.33. The first-order valence-electron chi connectivity index (χ1n) is 6.61. The highest BCUT2D eigenvalue weighted by molar-refractivity contribution is 5.55. The predicted molar refractivity (Wildman–Crippen MR) is 69.5 cm³/mol. The third-order valence-electron chi connectivity index (χ3n) is 3.48. The van der Waals surface area contributed by atoms with Crippen LogP contribution in [0.2, 0.25) is 0 Å². The Bertz CT molecular complexity index is 422. The molecule has 1 fully saturated rings. The average molecular weight is 249 g/mol. The fourth-order valence-electron chi connectivity index (χ4n) is 2.39. The van der Waals surface area contributed by atoms with Crippen molar-refractivity contribution in [2.45, 2.75) is 31.9 Å². The van der Waals surface area contributed by atoms with Gasteiger partial charge in [-0.25, -0.2) is 0 Å². The van der Waals surface area contributed by atoms with Crippen molar-refractivity contribution in [3.63, 3.8) is 0 Å². The van der Waals surface area contributed by atoms with Crippen LogP contribution in [0.25, 0.3) is 0 Å². The smallest absolute Gasteiger partial charge is 0.163 e. The molecule has 2 aliphatic heterocycles. The Hall–Kier alpha value is -1.42. The van der Waals surface area contributed by atoms with Crippen molar-refractivity contribution >= 4 is 5.69 Å². The molecule has 2 aliphatic rings. The molecule has 4 nitrogen and oxygen atoms in total. The molecule has 1 N–H and O–H groups in total. The Morgan fingerprint density at radius 2 is 1.94 bits per heavy atom. The Labute approximate surface area is 107 Å². The topological polar surface area (TPSA) is 39.7 Å². The summed E-state index contributed by atoms with van der Waals surface area (Å²) in [6.45, 7) is 4.39. The first kappa shape index (κ1) is 11.7. The summed E-state index contributed by atoms with van der Waals surface area (Å²) in [6, 6.07) is 6.42. The number of rotatable bonds is 2. The monoisotopic (exact) mass is 249 g/mol. The summed E-state index contributed by atoms with van der Waals surface area (Å²) in [5, 5.41) is 3.50. The maximum atomic E-state index is 5.68. The Morgan fingerprint density at radius 3 is 2.72 bits per heavy atom. The third-order valence-corrected chi connectivity index (χ3v) is 3.48. The maximum absolute atomic E-state index is 5.68. The Balaban J connectivity index is 1.75. The van der Waals surface area contributed by atoms with E-state index in [-0.39, 0.29) is 6.10 Å². The summed E-state index contributed by atoms with van der Waals surface area (Å²) in [5.74, 6) is 1.68. The van der Waals surface area contributed by atoms with E-state index >= 15 is 0 Å². The molecule has 0 aromatic heterocycles. The number of fused-ring (bicyclic) bond motifs is 1. The molecule has 2 atom stereocenters. The number of hydrogen-bond donors (Lipinski definition) is 1. The molecule has 18 heavy (non-hydrogen) atoms. The molecule has 0 aliphatic carbocycles. The lowest BCUT2D eigenvalue weighted by atomic mass is 10.1. The van der Waals surface area contributed by atoms with E-state index in [1.54, 1.807) is 0 Å². The molecule has 2 unspecified atom stereocenters. The molecule has 0 radical (unpaired) electrons. The summed E-state index contributed by atoms with van der Waals surface area (Å²) >= 11 is 0. The highest BCUT2D eigenvalue weighted by atomic mass is 16.5. The van der Waals surface area contributed by atoms with Crippen molar-refractivity contribution in [2.24, 2.45) is 0 Å². The lowest BCUT2D eigenvalue weighted by Crippen LogP contribution is -2.26. The quantitative estimate of drug-likeness (QED) is 0.874. The van der Waals surface area contributed by atoms with Gasteiger partial charge in [-0.2, -0.15) is 0 Å². The van der Waals surface area contributed by atoms with Crippen molar-refractivity contribution in [3.8, 4) is 11.5 Å². The Morgan fingerprint density at radius 1 is 1.11 bits per heavy atom. The molecule has 2 heterocycles. The standard InChI is InChI=1S/C14H19NO3/c1-10-12(5-8-16-10)15-11-3-4-13-14(9-11)18-7-2-6-17-13/h3-4,9-10,12,15H,2,5-8H2,1H3. The number of ether oxygens (including phenoxy) is 3. The number of anilines is 1. The second kappa shape index (κ2) is 5.06. The van der Waals surface area contributed by atoms with E-state index in [0.29, 0.717) is 6.04 Å². The van der Waals surface area contributed by atoms with Crippen molar-refractivity contribution in [2.75, 3.05) is 25.1 Å². The van der Waals surface area contributed by atoms with Gasteiger partial charge in [-0.15, -0.1) is 0 Å². The molecular weight excluding hydrogens is 230 g/mol. The van der Waals surface area contributed by atoms with Crippen LogP contribution in [-0.2, 0) is 4.74 Å². The molecule has 98 valence electrons. The van der Waals surface area contributed by atoms with Gasteiger partial charge < -0.3 is 19.5 Å². The minimum absolute atomic E-state index is 0.265. The third kappa shape index (κ3) is 2.38. The molecular formula is C14H19NO3. The summed E-state index contributed by atoms with van der Waals surface area (Å²) in [7, 11) is 0. The van der Waals surface area contributed by atoms with Crippen LogP contribution in [0.5, 0.6) is 11.5 Å². The van der Waals surface area contributed by atoms with Crippen LogP contribution in [0.3, 0.4) is 0 Å². The van der Waals surface area contributed by atoms with Crippen molar-refractivity contribution in [1.82, 2.24) is 0 Å². The molecule has 0 amide bonds. The summed E-state index contributed by atoms with van der Waals surface area (Å²) < 4.78 is 16.9. The van der Waals surface area contributed by atoms with E-state index in [4.69, 9.17) is 14.2 Å². The average Bonchev–Trinajstić information content (AvgIpc) is 2.65. The van der Waals surface area contributed by atoms with Gasteiger partial charge in [0.15, 0.2) is 11.5 Å². The van der Waals surface area contributed by atoms with Crippen molar-refractivity contribution in [3.05, 3.63) is 18.2 Å². The van der Waals surface area contributed by atoms with Crippen LogP contribution in [0.4, 0.5) is 5.69 Å². The summed E-state index contributed by atoms with van der Waals surface area (Å²) in [6.07, 6.45) is 2.25. The van der Waals surface area contributed by atoms with E-state index in [0.717, 1.165) is 49.8 Å². The zero-order chi connectivity index (χ0) is 12.4. The zero-order valence-electron chi connectivity index (χ0n) is 10.6. The fourth-order valence-corrected chi connectivity index (χ4v) is 2.39. The lowest BCUT2D eigenvalue weighted by Gasteiger charge is -2.18. The second-order valence-electron chi connectivity index (χ2n) is 4.83. The first-order valence-corrected chi connectivity index (χ1v) is 6.61. The minimum atomic E-state index is 0.265. The molecule has 0 bridgehead atoms. The molecule has 0 spiro atoms. The van der Waals surface area contributed by atoms with E-state index in [2.05, 4.69) is 12.2 Å². The summed E-state index contributed by atoms with van der Waals surface area (Å²) in [5.41, 5.74) is 1.07. The molecule has 4 heteroatoms. The van der Waals surface area contributed by atoms with Gasteiger partial charge in [0.1, 0.15) is 0 Å². The summed E-state index contributed by atoms with van der Waals surface area (Å²) in [4.78, 5) is 0. The van der Waals surface area contributed by atoms with Crippen LogP contribution in [-0.4, -0.2) is 32.0 Å². The van der Waals surface area contributed by atoms with Gasteiger partial charge in [-0.3, -0.25) is 0 Å². The van der Waals surface area contributed by atoms with Gasteiger partial charge in [0.05, 0.1) is 25.4 Å². The second-order valence-corrected chi connectivity index (χ2v) is 4.83. The maximum Gasteiger partial charge on any atom is 0.163 e. The van der Waals surface area contributed by atoms with Gasteiger partial charge in [0.25, 0.3) is 0 Å². The number of hydrogen-bond acceptors (Lipinski definition) is 4. The SMILES string of the molecule is CC1OCCC1Nc1ccc2c(c1)OCCCO2.